The molecule has 0 bridgehead atoms. The minimum absolute atomic E-state index is 0.0775. The summed E-state index contributed by atoms with van der Waals surface area (Å²) in [6.07, 6.45) is 0. The van der Waals surface area contributed by atoms with E-state index in [1.165, 1.54) is 15.7 Å². The van der Waals surface area contributed by atoms with E-state index < -0.39 is 22.2 Å². The Balaban J connectivity index is 2.38. The van der Waals surface area contributed by atoms with Gasteiger partial charge < -0.3 is 5.73 Å². The number of carbonyl (C=O) groups excluding carboxylic acids is 1. The molecule has 1 atom stereocenters. The summed E-state index contributed by atoms with van der Waals surface area (Å²) in [5.41, 5.74) is 7.23. The molecule has 2 aromatic carbocycles. The van der Waals surface area contributed by atoms with Crippen LogP contribution in [0.25, 0.3) is 0 Å². The third kappa shape index (κ3) is 5.38. The van der Waals surface area contributed by atoms with Crippen molar-refractivity contribution in [1.82, 2.24) is 8.61 Å². The number of hydrogen-bond donors (Lipinski definition) is 1. The average Bonchev–Trinajstić information content (AvgIpc) is 2.62. The molecule has 146 valence electrons. The molecular formula is C20H27N3O3S. The Bertz CT molecular complexity index is 839. The topological polar surface area (TPSA) is 83.7 Å². The van der Waals surface area contributed by atoms with Gasteiger partial charge in [-0.05, 0) is 17.0 Å². The lowest BCUT2D eigenvalue weighted by Crippen LogP contribution is -2.53. The van der Waals surface area contributed by atoms with E-state index in [1.54, 1.807) is 13.8 Å². The summed E-state index contributed by atoms with van der Waals surface area (Å²) in [5.74, 6) is -0.913. The van der Waals surface area contributed by atoms with Gasteiger partial charge in [-0.25, -0.2) is 0 Å². The zero-order valence-corrected chi connectivity index (χ0v) is 16.8. The first-order chi connectivity index (χ1) is 12.7. The number of nitrogens with two attached hydrogens (primary N) is 1. The zero-order chi connectivity index (χ0) is 20.0. The van der Waals surface area contributed by atoms with Crippen LogP contribution >= 0.6 is 0 Å². The highest BCUT2D eigenvalue weighted by atomic mass is 32.2. The summed E-state index contributed by atoms with van der Waals surface area (Å²) in [4.78, 5) is 12.1. The second-order valence-corrected chi connectivity index (χ2v) is 8.86. The van der Waals surface area contributed by atoms with Crippen molar-refractivity contribution in [2.24, 2.45) is 11.7 Å². The van der Waals surface area contributed by atoms with E-state index in [-0.39, 0.29) is 19.0 Å². The van der Waals surface area contributed by atoms with Gasteiger partial charge in [0.1, 0.15) is 6.04 Å². The lowest BCUT2D eigenvalue weighted by Gasteiger charge is -2.34. The third-order valence-corrected chi connectivity index (χ3v) is 6.22. The van der Waals surface area contributed by atoms with Gasteiger partial charge in [-0.2, -0.15) is 17.0 Å². The number of rotatable bonds is 9. The van der Waals surface area contributed by atoms with Crippen molar-refractivity contribution < 1.29 is 13.2 Å². The fourth-order valence-corrected chi connectivity index (χ4v) is 4.61. The second kappa shape index (κ2) is 9.12. The van der Waals surface area contributed by atoms with Gasteiger partial charge in [-0.1, -0.05) is 74.5 Å². The molecule has 0 saturated heterocycles. The second-order valence-electron chi connectivity index (χ2n) is 6.87. The molecule has 2 rings (SSSR count). The Morgan fingerprint density at radius 1 is 0.926 bits per heavy atom. The van der Waals surface area contributed by atoms with Crippen LogP contribution in [-0.4, -0.2) is 36.0 Å². The Kier molecular flexibility index (Phi) is 7.12. The minimum Gasteiger partial charge on any atom is -0.368 e. The maximum atomic E-state index is 13.3. The lowest BCUT2D eigenvalue weighted by atomic mass is 10.0. The SMILES string of the molecule is CC(C)C(C(N)=O)N(Cc1ccccc1)S(=O)(=O)N(C)Cc1ccccc1. The average molecular weight is 390 g/mol. The maximum Gasteiger partial charge on any atom is 0.283 e. The Morgan fingerprint density at radius 3 is 1.78 bits per heavy atom. The quantitative estimate of drug-likeness (QED) is 0.715. The fourth-order valence-electron chi connectivity index (χ4n) is 2.99. The molecule has 0 aliphatic heterocycles. The molecular weight excluding hydrogens is 362 g/mol. The third-order valence-electron chi connectivity index (χ3n) is 4.35. The largest absolute Gasteiger partial charge is 0.368 e. The van der Waals surface area contributed by atoms with E-state index in [1.807, 2.05) is 60.7 Å². The molecule has 27 heavy (non-hydrogen) atoms. The van der Waals surface area contributed by atoms with Crippen LogP contribution < -0.4 is 5.73 Å². The number of amides is 1. The number of nitrogens with zero attached hydrogens (tertiary/aromatic N) is 2. The van der Waals surface area contributed by atoms with Crippen molar-refractivity contribution >= 4 is 16.1 Å². The highest BCUT2D eigenvalue weighted by Crippen LogP contribution is 2.22. The molecule has 0 heterocycles. The van der Waals surface area contributed by atoms with Gasteiger partial charge in [-0.3, -0.25) is 4.79 Å². The van der Waals surface area contributed by atoms with Gasteiger partial charge >= 0.3 is 0 Å². The molecule has 0 radical (unpaired) electrons. The van der Waals surface area contributed by atoms with Gasteiger partial charge in [0.2, 0.25) is 5.91 Å². The van der Waals surface area contributed by atoms with Crippen molar-refractivity contribution in [1.29, 1.82) is 0 Å². The number of primary amides is 1. The first kappa shape index (κ1) is 21.1. The van der Waals surface area contributed by atoms with Gasteiger partial charge in [0, 0.05) is 20.1 Å². The molecule has 7 heteroatoms. The van der Waals surface area contributed by atoms with E-state index >= 15 is 0 Å². The molecule has 0 fully saturated rings. The molecule has 6 nitrogen and oxygen atoms in total. The summed E-state index contributed by atoms with van der Waals surface area (Å²) in [6.45, 7) is 3.87. The zero-order valence-electron chi connectivity index (χ0n) is 15.9. The van der Waals surface area contributed by atoms with Gasteiger partial charge in [0.05, 0.1) is 0 Å². The van der Waals surface area contributed by atoms with E-state index in [9.17, 15) is 13.2 Å². The molecule has 0 saturated carbocycles. The molecule has 0 aliphatic rings. The van der Waals surface area contributed by atoms with Gasteiger partial charge in [-0.15, -0.1) is 0 Å². The number of benzene rings is 2. The van der Waals surface area contributed by atoms with Crippen LogP contribution in [0, 0.1) is 5.92 Å². The maximum absolute atomic E-state index is 13.3. The first-order valence-corrected chi connectivity index (χ1v) is 10.2. The predicted molar refractivity (Wildman–Crippen MR) is 107 cm³/mol. The molecule has 1 amide bonds. The van der Waals surface area contributed by atoms with Crippen LogP contribution in [0.1, 0.15) is 25.0 Å². The number of hydrogen-bond acceptors (Lipinski definition) is 3. The highest BCUT2D eigenvalue weighted by molar-refractivity contribution is 7.86. The lowest BCUT2D eigenvalue weighted by molar-refractivity contribution is -0.123. The van der Waals surface area contributed by atoms with Crippen molar-refractivity contribution in [3.63, 3.8) is 0 Å². The Labute approximate surface area is 161 Å². The number of carbonyl (C=O) groups is 1. The smallest absolute Gasteiger partial charge is 0.283 e. The standard InChI is InChI=1S/C20H27N3O3S/c1-16(2)19(20(21)24)23(15-18-12-8-5-9-13-18)27(25,26)22(3)14-17-10-6-4-7-11-17/h4-13,16,19H,14-15H2,1-3H3,(H2,21,24). The van der Waals surface area contributed by atoms with E-state index in [4.69, 9.17) is 5.73 Å². The van der Waals surface area contributed by atoms with Crippen molar-refractivity contribution in [2.45, 2.75) is 33.0 Å². The van der Waals surface area contributed by atoms with Crippen molar-refractivity contribution in [3.05, 3.63) is 71.8 Å². The van der Waals surface area contributed by atoms with Crippen LogP contribution in [0.3, 0.4) is 0 Å². The van der Waals surface area contributed by atoms with Crippen LogP contribution in [0.5, 0.6) is 0 Å². The van der Waals surface area contributed by atoms with Gasteiger partial charge in [0.25, 0.3) is 10.2 Å². The molecule has 0 aliphatic carbocycles. The van der Waals surface area contributed by atoms with Crippen LogP contribution in [0.2, 0.25) is 0 Å². The van der Waals surface area contributed by atoms with E-state index in [0.29, 0.717) is 0 Å². The molecule has 0 spiro atoms. The van der Waals surface area contributed by atoms with Gasteiger partial charge in [0.15, 0.2) is 0 Å². The molecule has 2 N–H and O–H groups in total. The Hall–Kier alpha value is -2.22. The fraction of sp³-hybridized carbons (Fsp3) is 0.350. The van der Waals surface area contributed by atoms with Crippen LogP contribution in [0.15, 0.2) is 60.7 Å². The highest BCUT2D eigenvalue weighted by Gasteiger charge is 2.38. The Morgan fingerprint density at radius 2 is 1.37 bits per heavy atom. The summed E-state index contributed by atoms with van der Waals surface area (Å²) < 4.78 is 29.1. The normalized spacial score (nSPS) is 13.3. The monoisotopic (exact) mass is 389 g/mol. The van der Waals surface area contributed by atoms with Crippen molar-refractivity contribution in [3.8, 4) is 0 Å². The van der Waals surface area contributed by atoms with Crippen molar-refractivity contribution in [2.75, 3.05) is 7.05 Å². The molecule has 0 aromatic heterocycles. The predicted octanol–water partition coefficient (Wildman–Crippen LogP) is 2.38. The van der Waals surface area contributed by atoms with E-state index in [0.717, 1.165) is 11.1 Å². The molecule has 2 aromatic rings. The van der Waals surface area contributed by atoms with E-state index in [2.05, 4.69) is 0 Å². The van der Waals surface area contributed by atoms with Crippen LogP contribution in [0.4, 0.5) is 0 Å². The summed E-state index contributed by atoms with van der Waals surface area (Å²) in [6, 6.07) is 17.6. The first-order valence-electron chi connectivity index (χ1n) is 8.83. The minimum atomic E-state index is -3.92. The summed E-state index contributed by atoms with van der Waals surface area (Å²) >= 11 is 0. The van der Waals surface area contributed by atoms with Crippen LogP contribution in [-0.2, 0) is 28.1 Å². The summed E-state index contributed by atoms with van der Waals surface area (Å²) in [7, 11) is -2.41. The molecule has 1 unspecified atom stereocenters. The summed E-state index contributed by atoms with van der Waals surface area (Å²) in [5, 5.41) is 0.